The van der Waals surface area contributed by atoms with E-state index in [2.05, 4.69) is 15.3 Å². The Morgan fingerprint density at radius 2 is 2.57 bits per heavy atom. The van der Waals surface area contributed by atoms with Crippen molar-refractivity contribution in [2.24, 2.45) is 16.1 Å². The Bertz CT molecular complexity index is 366. The molecule has 14 heavy (non-hydrogen) atoms. The van der Waals surface area contributed by atoms with Crippen LogP contribution in [-0.2, 0) is 0 Å². The molecule has 0 saturated carbocycles. The van der Waals surface area contributed by atoms with Crippen LogP contribution < -0.4 is 0 Å². The Morgan fingerprint density at radius 3 is 3.14 bits per heavy atom. The van der Waals surface area contributed by atoms with Crippen molar-refractivity contribution in [2.75, 3.05) is 6.54 Å². The molecule has 1 atom stereocenters. The molecule has 1 aromatic heterocycles. The van der Waals surface area contributed by atoms with Crippen molar-refractivity contribution in [2.45, 2.75) is 6.42 Å². The fraction of sp³-hybridized carbons (Fsp3) is 0.333. The largest absolute Gasteiger partial charge is 0.241 e. The lowest BCUT2D eigenvalue weighted by molar-refractivity contribution is 0.710. The van der Waals surface area contributed by atoms with Crippen molar-refractivity contribution in [1.29, 1.82) is 0 Å². The Labute approximate surface area is 81.1 Å². The van der Waals surface area contributed by atoms with Gasteiger partial charge >= 0.3 is 0 Å². The van der Waals surface area contributed by atoms with Crippen LogP contribution in [0.3, 0.4) is 0 Å². The zero-order valence-electron chi connectivity index (χ0n) is 7.58. The quantitative estimate of drug-likeness (QED) is 0.679. The molecule has 2 rings (SSSR count). The van der Waals surface area contributed by atoms with Gasteiger partial charge < -0.3 is 0 Å². The molecule has 0 saturated heterocycles. The second-order valence-corrected chi connectivity index (χ2v) is 3.10. The smallest absolute Gasteiger partial charge is 0.148 e. The Kier molecular flexibility index (Phi) is 2.48. The van der Waals surface area contributed by atoms with E-state index in [0.29, 0.717) is 6.54 Å². The van der Waals surface area contributed by atoms with Gasteiger partial charge in [0.05, 0.1) is 6.54 Å². The summed E-state index contributed by atoms with van der Waals surface area (Å²) in [5, 5.41) is 6.91. The first-order valence-electron chi connectivity index (χ1n) is 4.43. The van der Waals surface area contributed by atoms with Gasteiger partial charge in [-0.1, -0.05) is 5.18 Å². The highest BCUT2D eigenvalue weighted by Crippen LogP contribution is 2.15. The molecule has 1 aliphatic heterocycles. The van der Waals surface area contributed by atoms with Gasteiger partial charge in [0.1, 0.15) is 5.82 Å². The molecule has 72 valence electrons. The molecule has 2 heterocycles. The summed E-state index contributed by atoms with van der Waals surface area (Å²) in [7, 11) is 0. The van der Waals surface area contributed by atoms with E-state index in [-0.39, 0.29) is 5.92 Å². The third kappa shape index (κ3) is 1.76. The number of hydrogen-bond donors (Lipinski definition) is 0. The fourth-order valence-electron chi connectivity index (χ4n) is 1.33. The average molecular weight is 190 g/mol. The maximum atomic E-state index is 10.0. The summed E-state index contributed by atoms with van der Waals surface area (Å²) in [6, 6.07) is 1.84. The molecule has 0 spiro atoms. The summed E-state index contributed by atoms with van der Waals surface area (Å²) in [4.78, 5) is 14.2. The minimum absolute atomic E-state index is 0.145. The molecule has 5 heteroatoms. The molecule has 1 aliphatic rings. The van der Waals surface area contributed by atoms with Crippen LogP contribution >= 0.6 is 0 Å². The van der Waals surface area contributed by atoms with Gasteiger partial charge in [-0.25, -0.2) is 9.67 Å². The van der Waals surface area contributed by atoms with E-state index >= 15 is 0 Å². The summed E-state index contributed by atoms with van der Waals surface area (Å²) in [6.07, 6.45) is 8.06. The molecule has 5 nitrogen and oxygen atoms in total. The Hall–Kier alpha value is -1.78. The number of hydrogen-bond acceptors (Lipinski definition) is 4. The van der Waals surface area contributed by atoms with Crippen LogP contribution in [0.4, 0.5) is 0 Å². The first kappa shape index (κ1) is 8.80. The van der Waals surface area contributed by atoms with Gasteiger partial charge in [-0.2, -0.15) is 10.0 Å². The minimum Gasteiger partial charge on any atom is -0.241 e. The third-order valence-electron chi connectivity index (χ3n) is 2.07. The second-order valence-electron chi connectivity index (χ2n) is 3.10. The van der Waals surface area contributed by atoms with Gasteiger partial charge in [-0.05, 0) is 18.6 Å². The molecular formula is C9H10N4O. The van der Waals surface area contributed by atoms with E-state index in [0.717, 1.165) is 12.2 Å². The summed E-state index contributed by atoms with van der Waals surface area (Å²) in [5.74, 6) is 0.948. The lowest BCUT2D eigenvalue weighted by atomic mass is 10.1. The topological polar surface area (TPSA) is 59.6 Å². The number of rotatable bonds is 3. The van der Waals surface area contributed by atoms with Crippen LogP contribution in [0, 0.1) is 10.8 Å². The van der Waals surface area contributed by atoms with Crippen molar-refractivity contribution >= 4 is 12.0 Å². The van der Waals surface area contributed by atoms with E-state index in [4.69, 9.17) is 0 Å². The zero-order chi connectivity index (χ0) is 9.80. The molecule has 1 unspecified atom stereocenters. The highest BCUT2D eigenvalue weighted by Gasteiger charge is 2.10. The monoisotopic (exact) mass is 190 g/mol. The predicted octanol–water partition coefficient (Wildman–Crippen LogP) is 1.54. The number of nitroso groups, excluding NO2 is 1. The van der Waals surface area contributed by atoms with Crippen LogP contribution in [0.25, 0.3) is 5.82 Å². The van der Waals surface area contributed by atoms with Crippen molar-refractivity contribution in [3.8, 4) is 0 Å². The van der Waals surface area contributed by atoms with Crippen LogP contribution in [0.2, 0.25) is 0 Å². The predicted molar refractivity (Wildman–Crippen MR) is 53.8 cm³/mol. The van der Waals surface area contributed by atoms with Gasteiger partial charge in [0.2, 0.25) is 0 Å². The third-order valence-corrected chi connectivity index (χ3v) is 2.07. The molecular weight excluding hydrogens is 180 g/mol. The molecule has 0 radical (unpaired) electrons. The highest BCUT2D eigenvalue weighted by molar-refractivity contribution is 5.70. The first-order chi connectivity index (χ1) is 6.90. The summed E-state index contributed by atoms with van der Waals surface area (Å²) in [6.45, 7) is 0.298. The van der Waals surface area contributed by atoms with Crippen molar-refractivity contribution in [1.82, 2.24) is 9.78 Å². The van der Waals surface area contributed by atoms with Gasteiger partial charge in [-0.3, -0.25) is 0 Å². The van der Waals surface area contributed by atoms with E-state index < -0.39 is 0 Å². The first-order valence-corrected chi connectivity index (χ1v) is 4.43. The summed E-state index contributed by atoms with van der Waals surface area (Å²) < 4.78 is 1.70. The molecule has 0 N–H and O–H groups in total. The Balaban J connectivity index is 2.06. The zero-order valence-corrected chi connectivity index (χ0v) is 7.58. The lowest BCUT2D eigenvalue weighted by Gasteiger charge is -2.11. The lowest BCUT2D eigenvalue weighted by Crippen LogP contribution is -2.10. The van der Waals surface area contributed by atoms with Crippen LogP contribution in [-0.4, -0.2) is 22.5 Å². The van der Waals surface area contributed by atoms with Gasteiger partial charge in [0.25, 0.3) is 0 Å². The SMILES string of the molecule is O=NCC1C=NC(n2cccn2)=CC1. The normalized spacial score (nSPS) is 20.6. The second kappa shape index (κ2) is 3.95. The summed E-state index contributed by atoms with van der Waals surface area (Å²) >= 11 is 0. The molecule has 0 aliphatic carbocycles. The van der Waals surface area contributed by atoms with Crippen LogP contribution in [0.5, 0.6) is 0 Å². The van der Waals surface area contributed by atoms with E-state index in [9.17, 15) is 4.91 Å². The summed E-state index contributed by atoms with van der Waals surface area (Å²) in [5.41, 5.74) is 0. The number of aromatic nitrogens is 2. The maximum Gasteiger partial charge on any atom is 0.148 e. The number of aliphatic imine (C=N–C) groups is 1. The number of allylic oxidation sites excluding steroid dienone is 1. The molecule has 0 bridgehead atoms. The number of nitrogens with zero attached hydrogens (tertiary/aromatic N) is 4. The van der Waals surface area contributed by atoms with Gasteiger partial charge in [-0.15, -0.1) is 0 Å². The minimum atomic E-state index is 0.145. The van der Waals surface area contributed by atoms with E-state index in [1.54, 1.807) is 17.1 Å². The standard InChI is InChI=1S/C9H10N4O/c14-12-7-8-2-3-9(10-6-8)13-5-1-4-11-13/h1,3-6,8H,2,7H2. The maximum absolute atomic E-state index is 10.0. The van der Waals surface area contributed by atoms with Gasteiger partial charge in [0.15, 0.2) is 0 Å². The van der Waals surface area contributed by atoms with Crippen LogP contribution in [0.1, 0.15) is 6.42 Å². The molecule has 0 fully saturated rings. The van der Waals surface area contributed by atoms with Crippen LogP contribution in [0.15, 0.2) is 34.7 Å². The van der Waals surface area contributed by atoms with E-state index in [1.165, 1.54) is 0 Å². The van der Waals surface area contributed by atoms with Crippen molar-refractivity contribution < 1.29 is 0 Å². The molecule has 0 aromatic carbocycles. The molecule has 0 amide bonds. The Morgan fingerprint density at radius 1 is 1.64 bits per heavy atom. The molecule has 1 aromatic rings. The highest BCUT2D eigenvalue weighted by atomic mass is 16.3. The average Bonchev–Trinajstić information content (AvgIpc) is 2.72. The fourth-order valence-corrected chi connectivity index (χ4v) is 1.33. The van der Waals surface area contributed by atoms with E-state index in [1.807, 2.05) is 18.3 Å². The van der Waals surface area contributed by atoms with Gasteiger partial charge in [0, 0.05) is 24.5 Å². The van der Waals surface area contributed by atoms with Crippen molar-refractivity contribution in [3.63, 3.8) is 0 Å². The van der Waals surface area contributed by atoms with Crippen molar-refractivity contribution in [3.05, 3.63) is 29.4 Å².